The first kappa shape index (κ1) is 21.0. The average molecular weight is 416 g/mol. The molecule has 0 spiro atoms. The third-order valence-corrected chi connectivity index (χ3v) is 6.42. The second-order valence-electron chi connectivity index (χ2n) is 7.49. The number of carbonyl (C=O) groups is 3. The summed E-state index contributed by atoms with van der Waals surface area (Å²) in [5.41, 5.74) is 3.99. The van der Waals surface area contributed by atoms with Gasteiger partial charge < -0.3 is 15.2 Å². The van der Waals surface area contributed by atoms with E-state index in [0.717, 1.165) is 29.5 Å². The number of thiophene rings is 1. The third kappa shape index (κ3) is 4.34. The first-order valence-corrected chi connectivity index (χ1v) is 10.5. The maximum atomic E-state index is 12.9. The van der Waals surface area contributed by atoms with E-state index in [1.54, 1.807) is 0 Å². The number of nitrogens with one attached hydrogen (secondary N) is 1. The molecule has 2 aromatic rings. The normalized spacial score (nSPS) is 18.9. The zero-order chi connectivity index (χ0) is 21.1. The van der Waals surface area contributed by atoms with Crippen molar-refractivity contribution in [1.82, 2.24) is 0 Å². The molecule has 29 heavy (non-hydrogen) atoms. The number of carbonyl (C=O) groups excluding carboxylic acids is 2. The largest absolute Gasteiger partial charge is 0.481 e. The van der Waals surface area contributed by atoms with E-state index in [9.17, 15) is 19.5 Å². The molecule has 1 amide bonds. The first-order chi connectivity index (χ1) is 13.8. The van der Waals surface area contributed by atoms with Gasteiger partial charge in [0.25, 0.3) is 0 Å². The molecule has 2 atom stereocenters. The summed E-state index contributed by atoms with van der Waals surface area (Å²) in [6.45, 7) is 3.94. The lowest BCUT2D eigenvalue weighted by atomic mass is 9.78. The van der Waals surface area contributed by atoms with Gasteiger partial charge >= 0.3 is 11.9 Å². The molecule has 1 aliphatic carbocycles. The van der Waals surface area contributed by atoms with Crippen LogP contribution in [0.25, 0.3) is 11.1 Å². The maximum Gasteiger partial charge on any atom is 0.341 e. The van der Waals surface area contributed by atoms with E-state index in [1.807, 2.05) is 37.4 Å². The SMILES string of the molecule is COC(=O)c1c(-c2cc(C)ccc2C)csc1NC(=O)C1CCCCC1C(=O)O. The van der Waals surface area contributed by atoms with E-state index in [0.29, 0.717) is 29.0 Å². The number of carboxylic acids is 1. The summed E-state index contributed by atoms with van der Waals surface area (Å²) in [7, 11) is 1.31. The Balaban J connectivity index is 1.97. The summed E-state index contributed by atoms with van der Waals surface area (Å²) in [4.78, 5) is 37.0. The van der Waals surface area contributed by atoms with Crippen LogP contribution in [0.5, 0.6) is 0 Å². The van der Waals surface area contributed by atoms with Crippen molar-refractivity contribution in [2.45, 2.75) is 39.5 Å². The summed E-state index contributed by atoms with van der Waals surface area (Å²) in [6, 6.07) is 5.99. The van der Waals surface area contributed by atoms with E-state index >= 15 is 0 Å². The zero-order valence-electron chi connectivity index (χ0n) is 16.8. The highest BCUT2D eigenvalue weighted by Gasteiger charge is 2.36. The number of anilines is 1. The molecule has 1 heterocycles. The number of aryl methyl sites for hydroxylation is 2. The minimum Gasteiger partial charge on any atom is -0.481 e. The van der Waals surface area contributed by atoms with Crippen LogP contribution in [0.2, 0.25) is 0 Å². The molecule has 0 aliphatic heterocycles. The maximum absolute atomic E-state index is 12.9. The van der Waals surface area contributed by atoms with Crippen LogP contribution in [-0.4, -0.2) is 30.1 Å². The smallest absolute Gasteiger partial charge is 0.341 e. The van der Waals surface area contributed by atoms with Gasteiger partial charge in [-0.3, -0.25) is 9.59 Å². The topological polar surface area (TPSA) is 92.7 Å². The second-order valence-corrected chi connectivity index (χ2v) is 8.37. The number of methoxy groups -OCH3 is 1. The van der Waals surface area contributed by atoms with Gasteiger partial charge in [0, 0.05) is 10.9 Å². The van der Waals surface area contributed by atoms with Crippen LogP contribution >= 0.6 is 11.3 Å². The highest BCUT2D eigenvalue weighted by atomic mass is 32.1. The molecule has 1 fully saturated rings. The van der Waals surface area contributed by atoms with Crippen molar-refractivity contribution in [1.29, 1.82) is 0 Å². The fraction of sp³-hybridized carbons (Fsp3) is 0.409. The fourth-order valence-corrected chi connectivity index (χ4v) is 4.87. The quantitative estimate of drug-likeness (QED) is 0.694. The van der Waals surface area contributed by atoms with Gasteiger partial charge in [0.15, 0.2) is 0 Å². The Kier molecular flexibility index (Phi) is 6.37. The Morgan fingerprint density at radius 3 is 2.45 bits per heavy atom. The van der Waals surface area contributed by atoms with E-state index in [2.05, 4.69) is 5.32 Å². The third-order valence-electron chi connectivity index (χ3n) is 5.52. The predicted molar refractivity (Wildman–Crippen MR) is 112 cm³/mol. The van der Waals surface area contributed by atoms with Gasteiger partial charge in [-0.15, -0.1) is 11.3 Å². The van der Waals surface area contributed by atoms with Crippen LogP contribution in [-0.2, 0) is 14.3 Å². The first-order valence-electron chi connectivity index (χ1n) is 9.64. The monoisotopic (exact) mass is 415 g/mol. The van der Waals surface area contributed by atoms with Gasteiger partial charge in [-0.2, -0.15) is 0 Å². The fourth-order valence-electron chi connectivity index (χ4n) is 3.92. The molecule has 6 nitrogen and oxygen atoms in total. The van der Waals surface area contributed by atoms with Gasteiger partial charge in [0.2, 0.25) is 5.91 Å². The lowest BCUT2D eigenvalue weighted by molar-refractivity contribution is -0.147. The molecule has 1 saturated carbocycles. The molecule has 0 saturated heterocycles. The Bertz CT molecular complexity index is 949. The van der Waals surface area contributed by atoms with E-state index in [1.165, 1.54) is 18.4 Å². The molecular formula is C22H25NO5S. The minimum atomic E-state index is -0.944. The van der Waals surface area contributed by atoms with E-state index in [4.69, 9.17) is 4.74 Å². The molecule has 154 valence electrons. The van der Waals surface area contributed by atoms with Crippen molar-refractivity contribution >= 4 is 34.2 Å². The van der Waals surface area contributed by atoms with Crippen LogP contribution in [0.4, 0.5) is 5.00 Å². The molecule has 7 heteroatoms. The van der Waals surface area contributed by atoms with E-state index < -0.39 is 23.8 Å². The van der Waals surface area contributed by atoms with Crippen molar-refractivity contribution in [2.24, 2.45) is 11.8 Å². The van der Waals surface area contributed by atoms with Crippen LogP contribution in [0.3, 0.4) is 0 Å². The number of amides is 1. The number of hydrogen-bond acceptors (Lipinski definition) is 5. The zero-order valence-corrected chi connectivity index (χ0v) is 17.6. The number of hydrogen-bond donors (Lipinski definition) is 2. The molecule has 1 aromatic carbocycles. The van der Waals surface area contributed by atoms with Crippen molar-refractivity contribution in [2.75, 3.05) is 12.4 Å². The molecule has 1 aliphatic rings. The summed E-state index contributed by atoms with van der Waals surface area (Å²) in [5, 5.41) is 14.5. The van der Waals surface area contributed by atoms with Gasteiger partial charge in [0.05, 0.1) is 18.9 Å². The number of benzene rings is 1. The number of ether oxygens (including phenoxy) is 1. The second kappa shape index (κ2) is 8.78. The van der Waals surface area contributed by atoms with Crippen LogP contribution in [0.1, 0.15) is 47.2 Å². The van der Waals surface area contributed by atoms with Crippen LogP contribution < -0.4 is 5.32 Å². The van der Waals surface area contributed by atoms with Gasteiger partial charge in [-0.1, -0.05) is 36.6 Å². The highest BCUT2D eigenvalue weighted by Crippen LogP contribution is 2.39. The van der Waals surface area contributed by atoms with Gasteiger partial charge in [-0.05, 0) is 37.8 Å². The number of rotatable bonds is 5. The summed E-state index contributed by atoms with van der Waals surface area (Å²) in [6.07, 6.45) is 2.66. The highest BCUT2D eigenvalue weighted by molar-refractivity contribution is 7.15. The summed E-state index contributed by atoms with van der Waals surface area (Å²) < 4.78 is 4.98. The number of esters is 1. The van der Waals surface area contributed by atoms with Crippen molar-refractivity contribution < 1.29 is 24.2 Å². The van der Waals surface area contributed by atoms with Crippen molar-refractivity contribution in [3.05, 3.63) is 40.3 Å². The molecular weight excluding hydrogens is 390 g/mol. The molecule has 0 bridgehead atoms. The lowest BCUT2D eigenvalue weighted by Gasteiger charge is -2.27. The molecule has 3 rings (SSSR count). The van der Waals surface area contributed by atoms with Crippen LogP contribution in [0, 0.1) is 25.7 Å². The molecule has 2 unspecified atom stereocenters. The Morgan fingerprint density at radius 1 is 1.10 bits per heavy atom. The number of aliphatic carboxylic acids is 1. The summed E-state index contributed by atoms with van der Waals surface area (Å²) in [5.74, 6) is -3.12. The van der Waals surface area contributed by atoms with Gasteiger partial charge in [-0.25, -0.2) is 4.79 Å². The summed E-state index contributed by atoms with van der Waals surface area (Å²) >= 11 is 1.25. The van der Waals surface area contributed by atoms with Gasteiger partial charge in [0.1, 0.15) is 10.6 Å². The van der Waals surface area contributed by atoms with Crippen molar-refractivity contribution in [3.8, 4) is 11.1 Å². The number of carboxylic acid groups (broad SMARTS) is 1. The predicted octanol–water partition coefficient (Wildman–Crippen LogP) is 4.65. The van der Waals surface area contributed by atoms with E-state index in [-0.39, 0.29) is 5.91 Å². The lowest BCUT2D eigenvalue weighted by Crippen LogP contribution is -2.36. The molecule has 2 N–H and O–H groups in total. The Morgan fingerprint density at radius 2 is 1.79 bits per heavy atom. The van der Waals surface area contributed by atoms with Crippen molar-refractivity contribution in [3.63, 3.8) is 0 Å². The minimum absolute atomic E-state index is 0.308. The standard InChI is InChI=1S/C22H25NO5S/c1-12-8-9-13(2)16(10-12)17-11-29-20(18(17)22(27)28-3)23-19(24)14-6-4-5-7-15(14)21(25)26/h8-11,14-15H,4-7H2,1-3H3,(H,23,24)(H,25,26). The van der Waals surface area contributed by atoms with Crippen LogP contribution in [0.15, 0.2) is 23.6 Å². The molecule has 0 radical (unpaired) electrons. The Hall–Kier alpha value is -2.67. The average Bonchev–Trinajstić information content (AvgIpc) is 3.12. The molecule has 1 aromatic heterocycles. The Labute approximate surface area is 173 Å².